The summed E-state index contributed by atoms with van der Waals surface area (Å²) < 4.78 is 2.28. The van der Waals surface area contributed by atoms with Crippen LogP contribution in [0, 0.1) is 13.8 Å². The summed E-state index contributed by atoms with van der Waals surface area (Å²) in [6.07, 6.45) is 2.16. The number of nitrogens with one attached hydrogen (secondary N) is 2. The highest BCUT2D eigenvalue weighted by Crippen LogP contribution is 2.42. The van der Waals surface area contributed by atoms with Crippen LogP contribution < -0.4 is 10.6 Å². The second kappa shape index (κ2) is 10.7. The molecule has 1 aliphatic carbocycles. The Balaban J connectivity index is 1.48. The maximum atomic E-state index is 5.38. The van der Waals surface area contributed by atoms with Gasteiger partial charge in [-0.05, 0) is 90.1 Å². The normalized spacial score (nSPS) is 14.7. The number of aromatic nitrogens is 2. The fourth-order valence-electron chi connectivity index (χ4n) is 6.54. The highest BCUT2D eigenvalue weighted by atomic mass is 15.1. The van der Waals surface area contributed by atoms with Crippen molar-refractivity contribution in [2.45, 2.75) is 72.3 Å². The third-order valence-corrected chi connectivity index (χ3v) is 8.73. The van der Waals surface area contributed by atoms with Crippen LogP contribution in [-0.2, 0) is 13.5 Å². The number of nitrogens with zero attached hydrogens (tertiary/aromatic N) is 2. The van der Waals surface area contributed by atoms with Gasteiger partial charge in [0.05, 0.1) is 17.2 Å². The molecule has 4 nitrogen and oxygen atoms in total. The molecule has 2 N–H and O–H groups in total. The van der Waals surface area contributed by atoms with Crippen molar-refractivity contribution < 1.29 is 0 Å². The van der Waals surface area contributed by atoms with Crippen molar-refractivity contribution >= 4 is 28.1 Å². The zero-order valence-electron chi connectivity index (χ0n) is 25.5. The van der Waals surface area contributed by atoms with Crippen molar-refractivity contribution in [3.63, 3.8) is 0 Å². The minimum atomic E-state index is 0.257. The number of hydrogen-bond donors (Lipinski definition) is 2. The third kappa shape index (κ3) is 4.90. The molecule has 210 valence electrons. The summed E-state index contributed by atoms with van der Waals surface area (Å²) in [6.45, 7) is 13.4. The van der Waals surface area contributed by atoms with Crippen LogP contribution in [0.2, 0.25) is 0 Å². The molecule has 41 heavy (non-hydrogen) atoms. The number of anilines is 3. The number of para-hydroxylation sites is 2. The standard InChI is InChI=1S/C37H42N4/c1-22(2)27-14-11-15-28(23(3)4)35(27)39-32-20-24(5)21-33-36(32)40-37(41(33)7)29-16-10-13-26-18-19-31(34(26)29)38-30-17-9-8-12-25(30)6/h8-17,20-23,31,38-39H,18-19H2,1-7H3. The lowest BCUT2D eigenvalue weighted by Gasteiger charge is -2.21. The van der Waals surface area contributed by atoms with Gasteiger partial charge in [-0.2, -0.15) is 0 Å². The second-order valence-electron chi connectivity index (χ2n) is 12.3. The molecule has 0 amide bonds. The molecular formula is C37H42N4. The van der Waals surface area contributed by atoms with Gasteiger partial charge < -0.3 is 15.2 Å². The molecule has 0 saturated carbocycles. The van der Waals surface area contributed by atoms with E-state index in [4.69, 9.17) is 4.98 Å². The molecule has 1 aliphatic rings. The number of imidazole rings is 1. The lowest BCUT2D eigenvalue weighted by atomic mass is 9.92. The van der Waals surface area contributed by atoms with Crippen LogP contribution in [0.1, 0.15) is 85.4 Å². The maximum Gasteiger partial charge on any atom is 0.141 e. The predicted molar refractivity (Wildman–Crippen MR) is 175 cm³/mol. The lowest BCUT2D eigenvalue weighted by molar-refractivity contribution is 0.761. The Kier molecular flexibility index (Phi) is 7.11. The molecule has 0 spiro atoms. The van der Waals surface area contributed by atoms with Crippen LogP contribution in [0.15, 0.2) is 72.8 Å². The first-order chi connectivity index (χ1) is 19.7. The van der Waals surface area contributed by atoms with Gasteiger partial charge in [-0.15, -0.1) is 0 Å². The van der Waals surface area contributed by atoms with E-state index < -0.39 is 0 Å². The topological polar surface area (TPSA) is 41.9 Å². The molecule has 4 aromatic carbocycles. The number of hydrogen-bond acceptors (Lipinski definition) is 3. The van der Waals surface area contributed by atoms with E-state index in [0.717, 1.165) is 35.4 Å². The van der Waals surface area contributed by atoms with E-state index in [1.165, 1.54) is 50.3 Å². The van der Waals surface area contributed by atoms with Crippen molar-refractivity contribution in [2.24, 2.45) is 7.05 Å². The SMILES string of the molecule is Cc1cc(Nc2c(C(C)C)cccc2C(C)C)c2nc(-c3cccc4c3C(Nc3ccccc3C)CC4)n(C)c2c1. The van der Waals surface area contributed by atoms with Crippen molar-refractivity contribution in [1.29, 1.82) is 0 Å². The zero-order valence-corrected chi connectivity index (χ0v) is 25.5. The van der Waals surface area contributed by atoms with Gasteiger partial charge in [0.25, 0.3) is 0 Å². The van der Waals surface area contributed by atoms with E-state index in [-0.39, 0.29) is 6.04 Å². The van der Waals surface area contributed by atoms with Gasteiger partial charge in [0.15, 0.2) is 0 Å². The van der Waals surface area contributed by atoms with Gasteiger partial charge in [-0.3, -0.25) is 0 Å². The summed E-state index contributed by atoms with van der Waals surface area (Å²) in [7, 11) is 2.16. The first-order valence-corrected chi connectivity index (χ1v) is 15.0. The molecule has 0 radical (unpaired) electrons. The Morgan fingerprint density at radius 2 is 1.54 bits per heavy atom. The largest absolute Gasteiger partial charge is 0.378 e. The van der Waals surface area contributed by atoms with Crippen LogP contribution in [0.4, 0.5) is 17.1 Å². The Hall–Kier alpha value is -4.05. The van der Waals surface area contributed by atoms with Gasteiger partial charge in [0.1, 0.15) is 11.3 Å². The number of aryl methyl sites for hydroxylation is 4. The summed E-state index contributed by atoms with van der Waals surface area (Å²) in [5.74, 6) is 1.85. The Bertz CT molecular complexity index is 1710. The van der Waals surface area contributed by atoms with Crippen molar-refractivity contribution in [3.05, 3.63) is 106 Å². The highest BCUT2D eigenvalue weighted by Gasteiger charge is 2.28. The summed E-state index contributed by atoms with van der Waals surface area (Å²) in [5.41, 5.74) is 14.9. The fraction of sp³-hybridized carbons (Fsp3) is 0.324. The van der Waals surface area contributed by atoms with Crippen LogP contribution in [0.25, 0.3) is 22.4 Å². The van der Waals surface area contributed by atoms with E-state index >= 15 is 0 Å². The molecular weight excluding hydrogens is 500 g/mol. The van der Waals surface area contributed by atoms with Gasteiger partial charge >= 0.3 is 0 Å². The van der Waals surface area contributed by atoms with E-state index in [9.17, 15) is 0 Å². The smallest absolute Gasteiger partial charge is 0.141 e. The van der Waals surface area contributed by atoms with Crippen LogP contribution in [0.3, 0.4) is 0 Å². The molecule has 1 aromatic heterocycles. The highest BCUT2D eigenvalue weighted by molar-refractivity contribution is 5.94. The third-order valence-electron chi connectivity index (χ3n) is 8.73. The van der Waals surface area contributed by atoms with Crippen molar-refractivity contribution in [1.82, 2.24) is 9.55 Å². The van der Waals surface area contributed by atoms with Crippen LogP contribution in [-0.4, -0.2) is 9.55 Å². The molecule has 4 heteroatoms. The molecule has 6 rings (SSSR count). The first-order valence-electron chi connectivity index (χ1n) is 15.0. The zero-order chi connectivity index (χ0) is 28.8. The molecule has 1 heterocycles. The van der Waals surface area contributed by atoms with E-state index in [1.54, 1.807) is 0 Å². The Morgan fingerprint density at radius 3 is 2.24 bits per heavy atom. The van der Waals surface area contributed by atoms with E-state index in [2.05, 4.69) is 137 Å². The van der Waals surface area contributed by atoms with Gasteiger partial charge in [0, 0.05) is 24.0 Å². The predicted octanol–water partition coefficient (Wildman–Crippen LogP) is 9.95. The van der Waals surface area contributed by atoms with Crippen LogP contribution >= 0.6 is 0 Å². The molecule has 0 saturated heterocycles. The average molecular weight is 543 g/mol. The summed E-state index contributed by atoms with van der Waals surface area (Å²) in [5, 5.41) is 7.76. The molecule has 1 atom stereocenters. The van der Waals surface area contributed by atoms with E-state index in [1.807, 2.05) is 0 Å². The summed E-state index contributed by atoms with van der Waals surface area (Å²) in [4.78, 5) is 5.38. The van der Waals surface area contributed by atoms with E-state index in [0.29, 0.717) is 11.8 Å². The maximum absolute atomic E-state index is 5.38. The second-order valence-corrected chi connectivity index (χ2v) is 12.3. The van der Waals surface area contributed by atoms with Gasteiger partial charge in [0.2, 0.25) is 0 Å². The molecule has 5 aromatic rings. The summed E-state index contributed by atoms with van der Waals surface area (Å²) in [6, 6.07) is 26.8. The number of benzene rings is 4. The minimum Gasteiger partial charge on any atom is -0.378 e. The molecule has 0 aliphatic heterocycles. The molecule has 1 unspecified atom stereocenters. The van der Waals surface area contributed by atoms with Gasteiger partial charge in [-0.1, -0.05) is 82.3 Å². The number of fused-ring (bicyclic) bond motifs is 2. The molecule has 0 fully saturated rings. The molecule has 0 bridgehead atoms. The Morgan fingerprint density at radius 1 is 0.829 bits per heavy atom. The Labute approximate surface area is 244 Å². The van der Waals surface area contributed by atoms with Crippen LogP contribution in [0.5, 0.6) is 0 Å². The average Bonchev–Trinajstić information content (AvgIpc) is 3.51. The van der Waals surface area contributed by atoms with Gasteiger partial charge in [-0.25, -0.2) is 4.98 Å². The fourth-order valence-corrected chi connectivity index (χ4v) is 6.54. The van der Waals surface area contributed by atoms with Crippen molar-refractivity contribution in [3.8, 4) is 11.4 Å². The first kappa shape index (κ1) is 27.1. The lowest BCUT2D eigenvalue weighted by Crippen LogP contribution is -2.10. The quantitative estimate of drug-likeness (QED) is 0.215. The number of rotatable bonds is 7. The minimum absolute atomic E-state index is 0.257. The van der Waals surface area contributed by atoms with Crippen molar-refractivity contribution in [2.75, 3.05) is 10.6 Å². The monoisotopic (exact) mass is 542 g/mol. The summed E-state index contributed by atoms with van der Waals surface area (Å²) >= 11 is 0.